The molecule has 0 aliphatic carbocycles. The van der Waals surface area contributed by atoms with Gasteiger partial charge in [-0.25, -0.2) is 0 Å². The third kappa shape index (κ3) is 4.98. The van der Waals surface area contributed by atoms with Crippen molar-refractivity contribution < 1.29 is 8.42 Å². The van der Waals surface area contributed by atoms with Crippen LogP contribution in [0.3, 0.4) is 0 Å². The van der Waals surface area contributed by atoms with Crippen molar-refractivity contribution >= 4 is 53.1 Å². The standard InChI is InChI=1S/C31H28O3S3/c1-19-9-13-24(14-10-19)36(33)21(3)23-17-27(22(4)37(34)25-15-11-20(2)12-16-25)31-28(18-23)30(32)26-7-5-6-8-29(26)35-31/h5-18,21-22H,1-4H3. The zero-order valence-corrected chi connectivity index (χ0v) is 23.6. The lowest BCUT2D eigenvalue weighted by Crippen LogP contribution is -2.10. The van der Waals surface area contributed by atoms with Crippen LogP contribution in [-0.2, 0) is 21.6 Å². The molecule has 0 aliphatic heterocycles. The molecule has 0 saturated carbocycles. The van der Waals surface area contributed by atoms with E-state index in [1.165, 1.54) is 0 Å². The van der Waals surface area contributed by atoms with Gasteiger partial charge in [-0.2, -0.15) is 0 Å². The van der Waals surface area contributed by atoms with Gasteiger partial charge in [0, 0.05) is 30.0 Å². The fourth-order valence-electron chi connectivity index (χ4n) is 4.48. The van der Waals surface area contributed by atoms with Crippen LogP contribution in [0.25, 0.3) is 20.2 Å². The molecule has 188 valence electrons. The van der Waals surface area contributed by atoms with E-state index in [2.05, 4.69) is 0 Å². The van der Waals surface area contributed by atoms with Crippen molar-refractivity contribution in [1.29, 1.82) is 0 Å². The van der Waals surface area contributed by atoms with Crippen LogP contribution < -0.4 is 5.43 Å². The second-order valence-electron chi connectivity index (χ2n) is 9.42. The summed E-state index contributed by atoms with van der Waals surface area (Å²) in [7, 11) is -2.64. The van der Waals surface area contributed by atoms with Crippen molar-refractivity contribution in [2.45, 2.75) is 48.0 Å². The summed E-state index contributed by atoms with van der Waals surface area (Å²) in [4.78, 5) is 15.1. The molecule has 0 N–H and O–H groups in total. The van der Waals surface area contributed by atoms with Gasteiger partial charge in [0.1, 0.15) is 0 Å². The van der Waals surface area contributed by atoms with Gasteiger partial charge in [-0.15, -0.1) is 11.3 Å². The first-order valence-electron chi connectivity index (χ1n) is 12.2. The fraction of sp³-hybridized carbons (Fsp3) is 0.194. The minimum absolute atomic E-state index is 0.0471. The normalized spacial score (nSPS) is 14.9. The Morgan fingerprint density at radius 1 is 0.676 bits per heavy atom. The fourth-order valence-corrected chi connectivity index (χ4v) is 8.24. The molecule has 4 atom stereocenters. The maximum absolute atomic E-state index is 13.7. The minimum atomic E-state index is -1.33. The topological polar surface area (TPSA) is 51.2 Å². The molecule has 3 nitrogen and oxygen atoms in total. The lowest BCUT2D eigenvalue weighted by Gasteiger charge is -2.19. The van der Waals surface area contributed by atoms with E-state index in [0.29, 0.717) is 10.8 Å². The van der Waals surface area contributed by atoms with Crippen molar-refractivity contribution in [2.75, 3.05) is 0 Å². The molecule has 0 bridgehead atoms. The van der Waals surface area contributed by atoms with Gasteiger partial charge >= 0.3 is 0 Å². The summed E-state index contributed by atoms with van der Waals surface area (Å²) in [6.45, 7) is 7.88. The van der Waals surface area contributed by atoms with Gasteiger partial charge in [0.05, 0.1) is 32.1 Å². The van der Waals surface area contributed by atoms with Crippen LogP contribution in [0.1, 0.15) is 46.6 Å². The molecule has 0 spiro atoms. The number of rotatable bonds is 6. The van der Waals surface area contributed by atoms with E-state index in [1.54, 1.807) is 11.3 Å². The summed E-state index contributed by atoms with van der Waals surface area (Å²) < 4.78 is 29.0. The highest BCUT2D eigenvalue weighted by Gasteiger charge is 2.24. The van der Waals surface area contributed by atoms with Gasteiger partial charge in [0.15, 0.2) is 5.43 Å². The van der Waals surface area contributed by atoms with Crippen LogP contribution in [0.2, 0.25) is 0 Å². The van der Waals surface area contributed by atoms with Crippen molar-refractivity contribution in [3.63, 3.8) is 0 Å². The summed E-state index contributed by atoms with van der Waals surface area (Å²) in [6, 6.07) is 27.0. The van der Waals surface area contributed by atoms with Gasteiger partial charge in [-0.05, 0) is 81.3 Å². The lowest BCUT2D eigenvalue weighted by molar-refractivity contribution is 0.675. The number of hydrogen-bond acceptors (Lipinski definition) is 4. The van der Waals surface area contributed by atoms with Crippen LogP contribution in [-0.4, -0.2) is 8.42 Å². The van der Waals surface area contributed by atoms with Gasteiger partial charge in [-0.3, -0.25) is 13.2 Å². The van der Waals surface area contributed by atoms with Crippen LogP contribution in [0.5, 0.6) is 0 Å². The summed E-state index contributed by atoms with van der Waals surface area (Å²) in [5, 5.41) is 0.558. The Morgan fingerprint density at radius 3 is 1.81 bits per heavy atom. The smallest absolute Gasteiger partial charge is 0.195 e. The molecule has 6 heteroatoms. The van der Waals surface area contributed by atoms with Gasteiger partial charge in [0.2, 0.25) is 0 Å². The summed E-state index contributed by atoms with van der Waals surface area (Å²) in [5.41, 5.74) is 3.84. The summed E-state index contributed by atoms with van der Waals surface area (Å²) in [5.74, 6) is 0. The average molecular weight is 545 g/mol. The molecule has 1 heterocycles. The first-order chi connectivity index (χ1) is 17.7. The Kier molecular flexibility index (Phi) is 7.26. The molecule has 1 aromatic heterocycles. The van der Waals surface area contributed by atoms with Crippen LogP contribution in [0, 0.1) is 13.8 Å². The van der Waals surface area contributed by atoms with Crippen LogP contribution in [0.4, 0.5) is 0 Å². The highest BCUT2D eigenvalue weighted by molar-refractivity contribution is 7.85. The molecule has 4 unspecified atom stereocenters. The predicted octanol–water partition coefficient (Wildman–Crippen LogP) is 7.77. The van der Waals surface area contributed by atoms with Gasteiger partial charge in [-0.1, -0.05) is 53.6 Å². The van der Waals surface area contributed by atoms with E-state index >= 15 is 0 Å². The summed E-state index contributed by atoms with van der Waals surface area (Å²) >= 11 is 1.55. The Bertz CT molecular complexity index is 1720. The van der Waals surface area contributed by atoms with E-state index in [1.807, 2.05) is 113 Å². The van der Waals surface area contributed by atoms with E-state index in [4.69, 9.17) is 0 Å². The monoisotopic (exact) mass is 544 g/mol. The Labute approximate surface area is 226 Å². The SMILES string of the molecule is Cc1ccc(S(=O)C(C)c2cc(C(C)S(=O)c3ccc(C)cc3)c3sc4ccccc4c(=O)c3c2)cc1. The van der Waals surface area contributed by atoms with Crippen molar-refractivity contribution in [3.05, 3.63) is 117 Å². The van der Waals surface area contributed by atoms with E-state index in [-0.39, 0.29) is 15.9 Å². The second-order valence-corrected chi connectivity index (χ2v) is 14.0. The van der Waals surface area contributed by atoms with Crippen molar-refractivity contribution in [2.24, 2.45) is 0 Å². The van der Waals surface area contributed by atoms with Crippen molar-refractivity contribution in [3.8, 4) is 0 Å². The average Bonchev–Trinajstić information content (AvgIpc) is 2.92. The second kappa shape index (κ2) is 10.4. The van der Waals surface area contributed by atoms with E-state index in [9.17, 15) is 13.2 Å². The molecular formula is C31H28O3S3. The molecule has 0 saturated heterocycles. The van der Waals surface area contributed by atoms with E-state index in [0.717, 1.165) is 41.4 Å². The zero-order valence-electron chi connectivity index (χ0n) is 21.2. The molecule has 0 fully saturated rings. The molecule has 0 radical (unpaired) electrons. The Hall–Kier alpha value is -2.93. The molecule has 0 amide bonds. The highest BCUT2D eigenvalue weighted by Crippen LogP contribution is 2.38. The first-order valence-corrected chi connectivity index (χ1v) is 15.4. The number of hydrogen-bond donors (Lipinski definition) is 0. The van der Waals surface area contributed by atoms with Crippen LogP contribution >= 0.6 is 11.3 Å². The first kappa shape index (κ1) is 25.7. The van der Waals surface area contributed by atoms with E-state index < -0.39 is 21.6 Å². The number of benzene rings is 4. The quantitative estimate of drug-likeness (QED) is 0.205. The Morgan fingerprint density at radius 2 is 1.22 bits per heavy atom. The summed E-state index contributed by atoms with van der Waals surface area (Å²) in [6.07, 6.45) is 0. The third-order valence-corrected chi connectivity index (χ3v) is 11.3. The predicted molar refractivity (Wildman–Crippen MR) is 158 cm³/mol. The van der Waals surface area contributed by atoms with Crippen molar-refractivity contribution in [1.82, 2.24) is 0 Å². The van der Waals surface area contributed by atoms with Crippen LogP contribution in [0.15, 0.2) is 99.5 Å². The molecule has 5 rings (SSSR count). The molecule has 4 aromatic carbocycles. The third-order valence-electron chi connectivity index (χ3n) is 6.78. The molecular weight excluding hydrogens is 517 g/mol. The molecule has 0 aliphatic rings. The zero-order chi connectivity index (χ0) is 26.3. The number of aryl methyl sites for hydroxylation is 2. The molecule has 37 heavy (non-hydrogen) atoms. The highest BCUT2D eigenvalue weighted by atomic mass is 32.2. The van der Waals surface area contributed by atoms with Gasteiger partial charge in [0.25, 0.3) is 0 Å². The number of fused-ring (bicyclic) bond motifs is 2. The molecule has 5 aromatic rings. The maximum Gasteiger partial charge on any atom is 0.195 e. The maximum atomic E-state index is 13.7. The van der Waals surface area contributed by atoms with Gasteiger partial charge < -0.3 is 0 Å². The Balaban J connectivity index is 1.70. The lowest BCUT2D eigenvalue weighted by atomic mass is 10.0. The largest absolute Gasteiger partial charge is 0.289 e. The minimum Gasteiger partial charge on any atom is -0.289 e.